The number of amides is 2. The minimum atomic E-state index is -0.272. The number of methoxy groups -OCH3 is 1. The second-order valence-corrected chi connectivity index (χ2v) is 9.05. The smallest absolute Gasteiger partial charge is 0.228 e. The maximum Gasteiger partial charge on any atom is 0.228 e. The molecular weight excluding hydrogens is 444 g/mol. The number of rotatable bonds is 4. The Morgan fingerprint density at radius 1 is 1.10 bits per heavy atom. The van der Waals surface area contributed by atoms with Gasteiger partial charge in [-0.1, -0.05) is 40.5 Å². The Bertz CT molecular complexity index is 915. The summed E-state index contributed by atoms with van der Waals surface area (Å²) in [7, 11) is 1.67. The van der Waals surface area contributed by atoms with Crippen LogP contribution in [-0.2, 0) is 9.59 Å². The minimum absolute atomic E-state index is 0.0213. The van der Waals surface area contributed by atoms with E-state index in [-0.39, 0.29) is 24.2 Å². The van der Waals surface area contributed by atoms with Gasteiger partial charge in [0, 0.05) is 42.1 Å². The minimum Gasteiger partial charge on any atom is -0.497 e. The summed E-state index contributed by atoms with van der Waals surface area (Å²) in [5, 5.41) is 0. The predicted molar refractivity (Wildman–Crippen MR) is 121 cm³/mol. The molecule has 30 heavy (non-hydrogen) atoms. The van der Waals surface area contributed by atoms with Crippen molar-refractivity contribution in [2.45, 2.75) is 31.6 Å². The van der Waals surface area contributed by atoms with Crippen LogP contribution in [0.5, 0.6) is 5.75 Å². The van der Waals surface area contributed by atoms with Crippen LogP contribution in [0.2, 0.25) is 0 Å². The lowest BCUT2D eigenvalue weighted by Crippen LogP contribution is -2.39. The van der Waals surface area contributed by atoms with Crippen molar-refractivity contribution in [2.24, 2.45) is 5.92 Å². The summed E-state index contributed by atoms with van der Waals surface area (Å²) in [6, 6.07) is 15.9. The van der Waals surface area contributed by atoms with E-state index in [1.807, 2.05) is 41.3 Å². The summed E-state index contributed by atoms with van der Waals surface area (Å²) in [5.74, 6) is 1.03. The third-order valence-corrected chi connectivity index (χ3v) is 6.66. The third kappa shape index (κ3) is 4.53. The molecule has 0 aromatic heterocycles. The van der Waals surface area contributed by atoms with Crippen molar-refractivity contribution in [3.05, 3.63) is 58.6 Å². The van der Waals surface area contributed by atoms with Crippen LogP contribution < -0.4 is 9.64 Å². The van der Waals surface area contributed by atoms with E-state index >= 15 is 0 Å². The molecule has 5 nitrogen and oxygen atoms in total. The van der Waals surface area contributed by atoms with Crippen molar-refractivity contribution in [3.8, 4) is 5.75 Å². The number of anilines is 1. The molecule has 2 heterocycles. The number of ether oxygens (including phenoxy) is 1. The molecule has 0 bridgehead atoms. The number of benzene rings is 2. The molecule has 0 radical (unpaired) electrons. The van der Waals surface area contributed by atoms with Crippen molar-refractivity contribution in [1.82, 2.24) is 4.90 Å². The number of carbonyl (C=O) groups excluding carboxylic acids is 2. The zero-order valence-electron chi connectivity index (χ0n) is 17.2. The predicted octanol–water partition coefficient (Wildman–Crippen LogP) is 4.61. The second kappa shape index (κ2) is 9.21. The van der Waals surface area contributed by atoms with Gasteiger partial charge in [0.1, 0.15) is 5.75 Å². The Balaban J connectivity index is 1.46. The molecule has 2 amide bonds. The number of halogens is 1. The van der Waals surface area contributed by atoms with Gasteiger partial charge in [-0.15, -0.1) is 0 Å². The van der Waals surface area contributed by atoms with Gasteiger partial charge in [0.05, 0.1) is 13.0 Å². The Labute approximate surface area is 186 Å². The van der Waals surface area contributed by atoms with E-state index in [0.29, 0.717) is 19.0 Å². The second-order valence-electron chi connectivity index (χ2n) is 8.14. The molecule has 2 saturated heterocycles. The van der Waals surface area contributed by atoms with Crippen molar-refractivity contribution < 1.29 is 14.3 Å². The lowest BCUT2D eigenvalue weighted by molar-refractivity contribution is -0.135. The monoisotopic (exact) mass is 470 g/mol. The van der Waals surface area contributed by atoms with Gasteiger partial charge >= 0.3 is 0 Å². The van der Waals surface area contributed by atoms with E-state index in [4.69, 9.17) is 4.74 Å². The lowest BCUT2D eigenvalue weighted by atomic mass is 9.94. The fourth-order valence-corrected chi connectivity index (χ4v) is 4.90. The molecule has 2 aromatic carbocycles. The Morgan fingerprint density at radius 3 is 2.63 bits per heavy atom. The molecule has 0 spiro atoms. The van der Waals surface area contributed by atoms with Gasteiger partial charge in [-0.2, -0.15) is 0 Å². The average Bonchev–Trinajstić information content (AvgIpc) is 2.99. The van der Waals surface area contributed by atoms with E-state index in [1.54, 1.807) is 12.0 Å². The molecular formula is C24H27BrN2O3. The fraction of sp³-hybridized carbons (Fsp3) is 0.417. The molecule has 2 unspecified atom stereocenters. The highest BCUT2D eigenvalue weighted by Crippen LogP contribution is 2.31. The van der Waals surface area contributed by atoms with Crippen LogP contribution in [0.15, 0.2) is 53.0 Å². The molecule has 2 aromatic rings. The summed E-state index contributed by atoms with van der Waals surface area (Å²) < 4.78 is 6.20. The van der Waals surface area contributed by atoms with E-state index in [0.717, 1.165) is 41.7 Å². The van der Waals surface area contributed by atoms with Crippen LogP contribution in [0.3, 0.4) is 0 Å². The average molecular weight is 471 g/mol. The molecule has 4 rings (SSSR count). The van der Waals surface area contributed by atoms with Crippen LogP contribution in [0, 0.1) is 5.92 Å². The summed E-state index contributed by atoms with van der Waals surface area (Å²) in [6.07, 6.45) is 3.47. The normalized spacial score (nSPS) is 22.1. The molecule has 2 aliphatic heterocycles. The zero-order valence-corrected chi connectivity index (χ0v) is 18.8. The number of likely N-dealkylation sites (tertiary alicyclic amines) is 1. The van der Waals surface area contributed by atoms with Crippen LogP contribution in [-0.4, -0.2) is 43.5 Å². The van der Waals surface area contributed by atoms with Gasteiger partial charge < -0.3 is 14.5 Å². The summed E-state index contributed by atoms with van der Waals surface area (Å²) >= 11 is 3.46. The zero-order chi connectivity index (χ0) is 21.1. The first-order valence-electron chi connectivity index (χ1n) is 10.5. The van der Waals surface area contributed by atoms with Gasteiger partial charge in [0.2, 0.25) is 11.8 Å². The summed E-state index contributed by atoms with van der Waals surface area (Å²) in [6.45, 7) is 1.94. The number of carbonyl (C=O) groups is 2. The number of hydrogen-bond donors (Lipinski definition) is 0. The molecule has 6 heteroatoms. The number of hydrogen-bond acceptors (Lipinski definition) is 3. The highest BCUT2D eigenvalue weighted by molar-refractivity contribution is 9.10. The van der Waals surface area contributed by atoms with Crippen molar-refractivity contribution in [2.75, 3.05) is 31.6 Å². The highest BCUT2D eigenvalue weighted by atomic mass is 79.9. The maximum absolute atomic E-state index is 13.3. The summed E-state index contributed by atoms with van der Waals surface area (Å²) in [4.78, 5) is 29.7. The van der Waals surface area contributed by atoms with Crippen molar-refractivity contribution in [3.63, 3.8) is 0 Å². The Morgan fingerprint density at radius 2 is 1.90 bits per heavy atom. The number of nitrogens with zero attached hydrogens (tertiary/aromatic N) is 2. The van der Waals surface area contributed by atoms with Gasteiger partial charge in [0.25, 0.3) is 0 Å². The van der Waals surface area contributed by atoms with Crippen LogP contribution in [0.4, 0.5) is 5.69 Å². The molecule has 158 valence electrons. The van der Waals surface area contributed by atoms with E-state index in [1.165, 1.54) is 5.56 Å². The van der Waals surface area contributed by atoms with Gasteiger partial charge in [-0.05, 0) is 48.7 Å². The molecule has 0 N–H and O–H groups in total. The van der Waals surface area contributed by atoms with Crippen LogP contribution >= 0.6 is 15.9 Å². The largest absolute Gasteiger partial charge is 0.497 e. The third-order valence-electron chi connectivity index (χ3n) is 6.16. The van der Waals surface area contributed by atoms with Crippen LogP contribution in [0.1, 0.15) is 37.2 Å². The van der Waals surface area contributed by atoms with Crippen molar-refractivity contribution in [1.29, 1.82) is 0 Å². The molecule has 0 saturated carbocycles. The van der Waals surface area contributed by atoms with E-state index in [9.17, 15) is 9.59 Å². The van der Waals surface area contributed by atoms with Gasteiger partial charge in [-0.3, -0.25) is 9.59 Å². The standard InChI is InChI=1S/C24H27BrN2O3/c1-30-22-10-8-17(9-11-22)18-5-2-3-12-26(15-18)24(29)19-13-23(28)27(16-19)21-7-4-6-20(25)14-21/h4,6-11,14,18-19H,2-3,5,12-13,15-16H2,1H3. The topological polar surface area (TPSA) is 49.9 Å². The van der Waals surface area contributed by atoms with E-state index in [2.05, 4.69) is 28.1 Å². The molecule has 2 fully saturated rings. The fourth-order valence-electron chi connectivity index (χ4n) is 4.52. The Hall–Kier alpha value is -2.34. The first-order chi connectivity index (χ1) is 14.5. The maximum atomic E-state index is 13.3. The molecule has 0 aliphatic carbocycles. The molecule has 2 atom stereocenters. The van der Waals surface area contributed by atoms with Gasteiger partial charge in [0.15, 0.2) is 0 Å². The first kappa shape index (κ1) is 20.9. The Kier molecular flexibility index (Phi) is 6.42. The van der Waals surface area contributed by atoms with Crippen molar-refractivity contribution >= 4 is 33.4 Å². The van der Waals surface area contributed by atoms with Crippen LogP contribution in [0.25, 0.3) is 0 Å². The van der Waals surface area contributed by atoms with E-state index < -0.39 is 0 Å². The molecule has 2 aliphatic rings. The highest BCUT2D eigenvalue weighted by Gasteiger charge is 2.38. The summed E-state index contributed by atoms with van der Waals surface area (Å²) in [5.41, 5.74) is 2.09. The lowest BCUT2D eigenvalue weighted by Gasteiger charge is -2.27. The first-order valence-corrected chi connectivity index (χ1v) is 11.3. The SMILES string of the molecule is COc1ccc(C2CCCCN(C(=O)C3CC(=O)N(c4cccc(Br)c4)C3)C2)cc1. The van der Waals surface area contributed by atoms with Gasteiger partial charge in [-0.25, -0.2) is 0 Å². The quantitative estimate of drug-likeness (QED) is 0.655.